The van der Waals surface area contributed by atoms with Crippen molar-refractivity contribution < 1.29 is 23.5 Å². The first-order valence-corrected chi connectivity index (χ1v) is 6.44. The van der Waals surface area contributed by atoms with E-state index in [4.69, 9.17) is 23.5 Å². The van der Waals surface area contributed by atoms with Crippen LogP contribution in [-0.4, -0.2) is 54.5 Å². The van der Waals surface area contributed by atoms with Crippen molar-refractivity contribution in [3.05, 3.63) is 0 Å². The van der Waals surface area contributed by atoms with Crippen molar-refractivity contribution >= 4 is 23.3 Å². The summed E-state index contributed by atoms with van der Waals surface area (Å²) in [7, 11) is 1.30. The predicted molar refractivity (Wildman–Crippen MR) is 64.2 cm³/mol. The highest BCUT2D eigenvalue weighted by molar-refractivity contribution is 6.26. The minimum atomic E-state index is -0.433. The Kier molecular flexibility index (Phi) is 9.55. The molecule has 1 rings (SSSR count). The topological polar surface area (TPSA) is 65.1 Å². The highest BCUT2D eigenvalue weighted by Crippen LogP contribution is 2.47. The van der Waals surface area contributed by atoms with Crippen LogP contribution in [0.1, 0.15) is 20.8 Å². The van der Waals surface area contributed by atoms with Gasteiger partial charge in [0.05, 0.1) is 18.4 Å². The lowest BCUT2D eigenvalue weighted by Crippen LogP contribution is -2.24. The van der Waals surface area contributed by atoms with Crippen molar-refractivity contribution in [3.8, 4) is 0 Å². The second kappa shape index (κ2) is 8.57. The highest BCUT2D eigenvalue weighted by atomic mass is 28.2. The Labute approximate surface area is 99.4 Å². The molecular formula is C10H22O5Si. The van der Waals surface area contributed by atoms with E-state index < -0.39 is 9.76 Å². The average Bonchev–Trinajstić information content (AvgIpc) is 2.79. The zero-order valence-electron chi connectivity index (χ0n) is 10.6. The van der Waals surface area contributed by atoms with Crippen LogP contribution in [0.4, 0.5) is 0 Å². The van der Waals surface area contributed by atoms with E-state index in [2.05, 4.69) is 20.8 Å². The van der Waals surface area contributed by atoms with Crippen molar-refractivity contribution in [1.82, 2.24) is 0 Å². The van der Waals surface area contributed by atoms with Gasteiger partial charge in [0.2, 0.25) is 0 Å². The smallest absolute Gasteiger partial charge is 0.186 e. The molecule has 5 nitrogen and oxygen atoms in total. The second-order valence-corrected chi connectivity index (χ2v) is 5.28. The first-order valence-electron chi connectivity index (χ1n) is 4.86. The maximum Gasteiger partial charge on any atom is 0.186 e. The van der Waals surface area contributed by atoms with Crippen LogP contribution in [0.3, 0.4) is 0 Å². The van der Waals surface area contributed by atoms with Gasteiger partial charge in [0.1, 0.15) is 19.2 Å². The van der Waals surface area contributed by atoms with Gasteiger partial charge in [-0.3, -0.25) is 0 Å². The van der Waals surface area contributed by atoms with Gasteiger partial charge in [-0.2, -0.15) is 0 Å². The van der Waals surface area contributed by atoms with Gasteiger partial charge in [0.15, 0.2) is 9.76 Å². The minimum Gasteiger partial charge on any atom is -0.425 e. The van der Waals surface area contributed by atoms with Crippen molar-refractivity contribution in [1.29, 1.82) is 0 Å². The molecule has 0 bridgehead atoms. The molecule has 1 unspecified atom stereocenters. The Morgan fingerprint density at radius 3 is 1.94 bits per heavy atom. The van der Waals surface area contributed by atoms with E-state index in [1.807, 2.05) is 13.6 Å². The molecule has 1 saturated heterocycles. The number of carbonyl (C=O) groups excluding carboxylic acids is 2. The van der Waals surface area contributed by atoms with E-state index in [0.29, 0.717) is 6.61 Å². The maximum atomic E-state index is 8.00. The molecule has 0 aliphatic carbocycles. The van der Waals surface area contributed by atoms with Crippen LogP contribution in [-0.2, 0) is 23.5 Å². The van der Waals surface area contributed by atoms with Crippen LogP contribution in [0.25, 0.3) is 0 Å². The summed E-state index contributed by atoms with van der Waals surface area (Å²) < 4.78 is 16.0. The Hall–Kier alpha value is -0.563. The van der Waals surface area contributed by atoms with E-state index in [-0.39, 0.29) is 11.2 Å². The van der Waals surface area contributed by atoms with Crippen LogP contribution in [0.2, 0.25) is 0 Å². The van der Waals surface area contributed by atoms with Crippen LogP contribution >= 0.6 is 0 Å². The monoisotopic (exact) mass is 250 g/mol. The first kappa shape index (κ1) is 17.8. The van der Waals surface area contributed by atoms with E-state index in [9.17, 15) is 0 Å². The van der Waals surface area contributed by atoms with Crippen LogP contribution in [0, 0.1) is 0 Å². The molecule has 0 amide bonds. The van der Waals surface area contributed by atoms with E-state index in [1.54, 1.807) is 7.11 Å². The number of epoxide rings is 1. The third-order valence-corrected chi connectivity index (χ3v) is 3.39. The third kappa shape index (κ3) is 5.50. The van der Waals surface area contributed by atoms with Crippen LogP contribution < -0.4 is 0 Å². The fourth-order valence-corrected chi connectivity index (χ4v) is 1.58. The van der Waals surface area contributed by atoms with Crippen LogP contribution in [0.15, 0.2) is 0 Å². The van der Waals surface area contributed by atoms with Gasteiger partial charge in [-0.15, -0.1) is 0 Å². The van der Waals surface area contributed by atoms with Gasteiger partial charge in [-0.25, -0.2) is 0 Å². The SMILES string of the molecule is C=O.C=O.CO[SiH2]COCC1(C)OC1(C)C. The summed E-state index contributed by atoms with van der Waals surface area (Å²) in [5, 5.41) is 0. The normalized spacial score (nSPS) is 25.2. The van der Waals surface area contributed by atoms with Crippen molar-refractivity contribution in [2.45, 2.75) is 32.0 Å². The highest BCUT2D eigenvalue weighted by Gasteiger charge is 2.60. The third-order valence-electron chi connectivity index (χ3n) is 2.52. The second-order valence-electron chi connectivity index (χ2n) is 3.89. The molecule has 1 aliphatic heterocycles. The zero-order valence-corrected chi connectivity index (χ0v) is 12.0. The number of ether oxygens (including phenoxy) is 2. The zero-order chi connectivity index (χ0) is 13.2. The molecule has 1 fully saturated rings. The van der Waals surface area contributed by atoms with E-state index in [1.165, 1.54) is 0 Å². The maximum absolute atomic E-state index is 8.00. The number of hydrogen-bond acceptors (Lipinski definition) is 5. The van der Waals surface area contributed by atoms with Gasteiger partial charge in [-0.05, 0) is 20.8 Å². The summed E-state index contributed by atoms with van der Waals surface area (Å²) in [6.45, 7) is 11.0. The summed E-state index contributed by atoms with van der Waals surface area (Å²) >= 11 is 0. The lowest BCUT2D eigenvalue weighted by atomic mass is 10.00. The molecule has 1 heterocycles. The summed E-state index contributed by atoms with van der Waals surface area (Å²) in [6, 6.07) is 0. The van der Waals surface area contributed by atoms with Gasteiger partial charge >= 0.3 is 0 Å². The van der Waals surface area contributed by atoms with Crippen LogP contribution in [0.5, 0.6) is 0 Å². The summed E-state index contributed by atoms with van der Waals surface area (Å²) in [5.41, 5.74) is -0.0588. The summed E-state index contributed by atoms with van der Waals surface area (Å²) in [6.07, 6.45) is 0.783. The fraction of sp³-hybridized carbons (Fsp3) is 0.800. The molecule has 0 radical (unpaired) electrons. The van der Waals surface area contributed by atoms with Gasteiger partial charge in [0.25, 0.3) is 0 Å². The molecule has 0 aromatic heterocycles. The Morgan fingerprint density at radius 2 is 1.62 bits per heavy atom. The molecule has 96 valence electrons. The molecule has 1 atom stereocenters. The molecule has 16 heavy (non-hydrogen) atoms. The van der Waals surface area contributed by atoms with Gasteiger partial charge in [0, 0.05) is 7.11 Å². The van der Waals surface area contributed by atoms with E-state index in [0.717, 1.165) is 6.23 Å². The largest absolute Gasteiger partial charge is 0.425 e. The quantitative estimate of drug-likeness (QED) is 0.387. The molecule has 0 aromatic rings. The molecule has 0 spiro atoms. The number of hydrogen-bond donors (Lipinski definition) is 0. The summed E-state index contributed by atoms with van der Waals surface area (Å²) in [4.78, 5) is 16.0. The molecule has 0 aromatic carbocycles. The lowest BCUT2D eigenvalue weighted by molar-refractivity contribution is -0.0987. The molecule has 1 aliphatic rings. The van der Waals surface area contributed by atoms with Gasteiger partial charge in [-0.1, -0.05) is 0 Å². The number of carbonyl (C=O) groups is 2. The molecular weight excluding hydrogens is 228 g/mol. The Morgan fingerprint density at radius 1 is 1.19 bits per heavy atom. The molecule has 0 N–H and O–H groups in total. The van der Waals surface area contributed by atoms with Gasteiger partial charge < -0.3 is 23.5 Å². The van der Waals surface area contributed by atoms with Crippen molar-refractivity contribution in [3.63, 3.8) is 0 Å². The number of rotatable bonds is 5. The Balaban J connectivity index is 0. The predicted octanol–water partition coefficient (Wildman–Crippen LogP) is -0.112. The van der Waals surface area contributed by atoms with E-state index >= 15 is 0 Å². The first-order chi connectivity index (χ1) is 7.52. The lowest BCUT2D eigenvalue weighted by Gasteiger charge is -2.08. The van der Waals surface area contributed by atoms with Crippen molar-refractivity contribution in [2.75, 3.05) is 19.9 Å². The molecule has 6 heteroatoms. The Bertz CT molecular complexity index is 186. The molecule has 0 saturated carbocycles. The summed E-state index contributed by atoms with van der Waals surface area (Å²) in [5.74, 6) is 0. The minimum absolute atomic E-state index is 0.00161. The standard InChI is InChI=1S/C8H18O3Si.2CH2O/c1-7(2)8(3,11-7)5-10-6-12-9-4;2*1-2/h5-6,12H2,1-4H3;2*1H2. The average molecular weight is 250 g/mol. The fourth-order valence-electron chi connectivity index (χ4n) is 1.15. The van der Waals surface area contributed by atoms with Crippen molar-refractivity contribution in [2.24, 2.45) is 0 Å².